The molecule has 2 fully saturated rings. The van der Waals surface area contributed by atoms with Crippen molar-refractivity contribution in [1.29, 1.82) is 0 Å². The number of aliphatic hydroxyl groups excluding tert-OH is 2. The Labute approximate surface area is 79.2 Å². The molecule has 3 N–H and O–H groups in total. The number of hydrogen-bond donors (Lipinski definition) is 3. The van der Waals surface area contributed by atoms with Gasteiger partial charge in [-0.1, -0.05) is 0 Å². The highest BCUT2D eigenvalue weighted by Crippen LogP contribution is 2.44. The molecule has 13 heavy (non-hydrogen) atoms. The average molecular weight is 185 g/mol. The second kappa shape index (κ2) is 3.95. The van der Waals surface area contributed by atoms with Crippen molar-refractivity contribution >= 4 is 0 Å². The van der Waals surface area contributed by atoms with Gasteiger partial charge in [0.15, 0.2) is 0 Å². The summed E-state index contributed by atoms with van der Waals surface area (Å²) in [6, 6.07) is 0.626. The molecule has 0 heterocycles. The van der Waals surface area contributed by atoms with Crippen LogP contribution in [0.15, 0.2) is 0 Å². The van der Waals surface area contributed by atoms with E-state index in [2.05, 4.69) is 5.32 Å². The van der Waals surface area contributed by atoms with Crippen molar-refractivity contribution in [1.82, 2.24) is 5.32 Å². The topological polar surface area (TPSA) is 52.5 Å². The summed E-state index contributed by atoms with van der Waals surface area (Å²) in [6.45, 7) is 0.420. The second-order valence-corrected chi connectivity index (χ2v) is 4.45. The Balaban J connectivity index is 1.70. The molecule has 0 aromatic heterocycles. The van der Waals surface area contributed by atoms with Crippen LogP contribution < -0.4 is 5.32 Å². The lowest BCUT2D eigenvalue weighted by molar-refractivity contribution is 0.0902. The van der Waals surface area contributed by atoms with E-state index in [-0.39, 0.29) is 6.61 Å². The molecule has 0 aliphatic heterocycles. The summed E-state index contributed by atoms with van der Waals surface area (Å²) in [7, 11) is 0. The Bertz CT molecular complexity index is 154. The lowest BCUT2D eigenvalue weighted by atomic mass is 10.1. The lowest BCUT2D eigenvalue weighted by Gasteiger charge is -2.19. The molecule has 0 spiro atoms. The quantitative estimate of drug-likeness (QED) is 0.551. The number of aliphatic hydroxyl groups is 2. The monoisotopic (exact) mass is 185 g/mol. The molecule has 2 rings (SSSR count). The molecule has 76 valence electrons. The minimum atomic E-state index is -0.583. The van der Waals surface area contributed by atoms with Gasteiger partial charge in [0, 0.05) is 12.6 Å². The SMILES string of the molecule is OCC(O)CNC(C1CC1)C1CC1. The summed E-state index contributed by atoms with van der Waals surface area (Å²) in [5.74, 6) is 1.72. The number of nitrogens with one attached hydrogen (secondary N) is 1. The van der Waals surface area contributed by atoms with Gasteiger partial charge in [0.1, 0.15) is 0 Å². The summed E-state index contributed by atoms with van der Waals surface area (Å²) in [4.78, 5) is 0. The largest absolute Gasteiger partial charge is 0.394 e. The van der Waals surface area contributed by atoms with Crippen LogP contribution in [0, 0.1) is 11.8 Å². The third-order valence-electron chi connectivity index (χ3n) is 3.06. The average Bonchev–Trinajstić information content (AvgIpc) is 2.98. The van der Waals surface area contributed by atoms with E-state index in [4.69, 9.17) is 5.11 Å². The van der Waals surface area contributed by atoms with E-state index in [0.29, 0.717) is 12.6 Å². The molecule has 0 radical (unpaired) electrons. The third kappa shape index (κ3) is 2.66. The number of rotatable bonds is 6. The molecule has 3 nitrogen and oxygen atoms in total. The van der Waals surface area contributed by atoms with E-state index in [9.17, 15) is 5.11 Å². The molecule has 0 aromatic rings. The standard InChI is InChI=1S/C10H19NO2/c12-6-9(13)5-11-10(7-1-2-7)8-3-4-8/h7-13H,1-6H2. The molecule has 0 amide bonds. The van der Waals surface area contributed by atoms with Gasteiger partial charge in [0.2, 0.25) is 0 Å². The maximum Gasteiger partial charge on any atom is 0.0895 e. The highest BCUT2D eigenvalue weighted by atomic mass is 16.3. The molecule has 2 aliphatic carbocycles. The van der Waals surface area contributed by atoms with Crippen molar-refractivity contribution < 1.29 is 10.2 Å². The third-order valence-corrected chi connectivity index (χ3v) is 3.06. The maximum absolute atomic E-state index is 9.20. The molecule has 1 unspecified atom stereocenters. The smallest absolute Gasteiger partial charge is 0.0895 e. The molecule has 0 bridgehead atoms. The van der Waals surface area contributed by atoms with Gasteiger partial charge < -0.3 is 15.5 Å². The van der Waals surface area contributed by atoms with Gasteiger partial charge in [-0.2, -0.15) is 0 Å². The van der Waals surface area contributed by atoms with Gasteiger partial charge in [-0.25, -0.2) is 0 Å². The van der Waals surface area contributed by atoms with Gasteiger partial charge in [-0.05, 0) is 37.5 Å². The normalized spacial score (nSPS) is 25.2. The molecular weight excluding hydrogens is 166 g/mol. The Morgan fingerprint density at radius 2 is 1.69 bits per heavy atom. The minimum Gasteiger partial charge on any atom is -0.394 e. The van der Waals surface area contributed by atoms with Crippen LogP contribution in [0.1, 0.15) is 25.7 Å². The Morgan fingerprint density at radius 3 is 2.08 bits per heavy atom. The van der Waals surface area contributed by atoms with Crippen LogP contribution in [0.25, 0.3) is 0 Å². The highest BCUT2D eigenvalue weighted by Gasteiger charge is 2.41. The molecule has 0 aromatic carbocycles. The first kappa shape index (κ1) is 9.44. The summed E-state index contributed by atoms with van der Waals surface area (Å²) >= 11 is 0. The fraction of sp³-hybridized carbons (Fsp3) is 1.00. The second-order valence-electron chi connectivity index (χ2n) is 4.45. The van der Waals surface area contributed by atoms with Gasteiger partial charge >= 0.3 is 0 Å². The van der Waals surface area contributed by atoms with E-state index in [1.807, 2.05) is 0 Å². The van der Waals surface area contributed by atoms with Crippen LogP contribution >= 0.6 is 0 Å². The maximum atomic E-state index is 9.20. The predicted molar refractivity (Wildman–Crippen MR) is 50.3 cm³/mol. The van der Waals surface area contributed by atoms with E-state index in [1.54, 1.807) is 0 Å². The summed E-state index contributed by atoms with van der Waals surface area (Å²) in [5.41, 5.74) is 0. The molecule has 0 saturated heterocycles. The lowest BCUT2D eigenvalue weighted by Crippen LogP contribution is -2.39. The summed E-state index contributed by atoms with van der Waals surface area (Å²) < 4.78 is 0. The highest BCUT2D eigenvalue weighted by molar-refractivity contribution is 4.96. The van der Waals surface area contributed by atoms with Crippen molar-refractivity contribution in [2.75, 3.05) is 13.2 Å². The van der Waals surface area contributed by atoms with Crippen LogP contribution in [0.3, 0.4) is 0 Å². The molecule has 2 aliphatic rings. The Hall–Kier alpha value is -0.120. The van der Waals surface area contributed by atoms with E-state index >= 15 is 0 Å². The minimum absolute atomic E-state index is 0.130. The zero-order valence-corrected chi connectivity index (χ0v) is 7.95. The van der Waals surface area contributed by atoms with Gasteiger partial charge in [0.05, 0.1) is 12.7 Å². The summed E-state index contributed by atoms with van der Waals surface area (Å²) in [6.07, 6.45) is 4.82. The first-order valence-electron chi connectivity index (χ1n) is 5.33. The van der Waals surface area contributed by atoms with Crippen LogP contribution in [-0.4, -0.2) is 35.5 Å². The zero-order chi connectivity index (χ0) is 9.26. The molecule has 2 saturated carbocycles. The van der Waals surface area contributed by atoms with Crippen LogP contribution in [0.2, 0.25) is 0 Å². The van der Waals surface area contributed by atoms with Gasteiger partial charge in [-0.3, -0.25) is 0 Å². The zero-order valence-electron chi connectivity index (χ0n) is 7.95. The fourth-order valence-corrected chi connectivity index (χ4v) is 1.97. The van der Waals surface area contributed by atoms with Crippen molar-refractivity contribution in [2.45, 2.75) is 37.8 Å². The predicted octanol–water partition coefficient (Wildman–Crippen LogP) is 0.118. The van der Waals surface area contributed by atoms with Crippen molar-refractivity contribution in [3.8, 4) is 0 Å². The summed E-state index contributed by atoms with van der Waals surface area (Å²) in [5, 5.41) is 21.2. The van der Waals surface area contributed by atoms with Crippen LogP contribution in [0.5, 0.6) is 0 Å². The van der Waals surface area contributed by atoms with E-state index in [1.165, 1.54) is 25.7 Å². The van der Waals surface area contributed by atoms with Gasteiger partial charge in [-0.15, -0.1) is 0 Å². The van der Waals surface area contributed by atoms with E-state index in [0.717, 1.165) is 11.8 Å². The van der Waals surface area contributed by atoms with Crippen molar-refractivity contribution in [3.05, 3.63) is 0 Å². The van der Waals surface area contributed by atoms with Gasteiger partial charge in [0.25, 0.3) is 0 Å². The van der Waals surface area contributed by atoms with E-state index < -0.39 is 6.10 Å². The van der Waals surface area contributed by atoms with Crippen molar-refractivity contribution in [3.63, 3.8) is 0 Å². The molecular formula is C10H19NO2. The first-order chi connectivity index (χ1) is 6.31. The Morgan fingerprint density at radius 1 is 1.15 bits per heavy atom. The fourth-order valence-electron chi connectivity index (χ4n) is 1.97. The first-order valence-corrected chi connectivity index (χ1v) is 5.33. The van der Waals surface area contributed by atoms with Crippen LogP contribution in [-0.2, 0) is 0 Å². The van der Waals surface area contributed by atoms with Crippen LogP contribution in [0.4, 0.5) is 0 Å². The Kier molecular flexibility index (Phi) is 2.86. The van der Waals surface area contributed by atoms with Crippen molar-refractivity contribution in [2.24, 2.45) is 11.8 Å². The molecule has 3 heteroatoms. The molecule has 1 atom stereocenters. The number of hydrogen-bond acceptors (Lipinski definition) is 3.